The van der Waals surface area contributed by atoms with Crippen molar-refractivity contribution in [2.75, 3.05) is 19.8 Å². The second kappa shape index (κ2) is 7.50. The number of benzene rings is 1. The van der Waals surface area contributed by atoms with Crippen LogP contribution < -0.4 is 5.32 Å². The number of nitrogens with one attached hydrogen (secondary N) is 1. The number of fused-ring (bicyclic) bond motifs is 2. The molecule has 0 bridgehead atoms. The van der Waals surface area contributed by atoms with Gasteiger partial charge in [-0.15, -0.1) is 0 Å². The Morgan fingerprint density at radius 2 is 2.04 bits per heavy atom. The van der Waals surface area contributed by atoms with E-state index >= 15 is 0 Å². The summed E-state index contributed by atoms with van der Waals surface area (Å²) in [7, 11) is 0. The second-order valence-electron chi connectivity index (χ2n) is 8.32. The SMILES string of the molecule is O=C(O)CCC(Cc1ccccc1)NC(=O)N1CC2(CCC2)C2COCC21. The molecule has 1 spiro atoms. The number of nitrogens with zero attached hydrogens (tertiary/aromatic N) is 1. The van der Waals surface area contributed by atoms with E-state index in [2.05, 4.69) is 5.32 Å². The van der Waals surface area contributed by atoms with Crippen LogP contribution in [0.3, 0.4) is 0 Å². The van der Waals surface area contributed by atoms with E-state index in [9.17, 15) is 9.59 Å². The molecule has 3 fully saturated rings. The summed E-state index contributed by atoms with van der Waals surface area (Å²) in [6, 6.07) is 9.83. The van der Waals surface area contributed by atoms with Crippen molar-refractivity contribution in [3.8, 4) is 0 Å². The van der Waals surface area contributed by atoms with Crippen molar-refractivity contribution in [1.82, 2.24) is 10.2 Å². The predicted octanol–water partition coefficient (Wildman–Crippen LogP) is 2.67. The van der Waals surface area contributed by atoms with Crippen molar-refractivity contribution in [2.45, 2.75) is 50.6 Å². The maximum atomic E-state index is 13.1. The predicted molar refractivity (Wildman–Crippen MR) is 100 cm³/mol. The zero-order valence-electron chi connectivity index (χ0n) is 15.6. The number of hydrogen-bond acceptors (Lipinski definition) is 3. The minimum Gasteiger partial charge on any atom is -0.481 e. The van der Waals surface area contributed by atoms with Gasteiger partial charge in [0.25, 0.3) is 0 Å². The van der Waals surface area contributed by atoms with Gasteiger partial charge in [-0.25, -0.2) is 4.79 Å². The van der Waals surface area contributed by atoms with Crippen molar-refractivity contribution >= 4 is 12.0 Å². The van der Waals surface area contributed by atoms with Crippen molar-refractivity contribution < 1.29 is 19.4 Å². The summed E-state index contributed by atoms with van der Waals surface area (Å²) in [6.07, 6.45) is 4.75. The van der Waals surface area contributed by atoms with E-state index in [1.54, 1.807) is 0 Å². The number of urea groups is 1. The summed E-state index contributed by atoms with van der Waals surface area (Å²) in [4.78, 5) is 26.1. The molecule has 2 N–H and O–H groups in total. The molecule has 27 heavy (non-hydrogen) atoms. The van der Waals surface area contributed by atoms with Crippen LogP contribution in [0.25, 0.3) is 0 Å². The fourth-order valence-electron chi connectivity index (χ4n) is 5.07. The quantitative estimate of drug-likeness (QED) is 0.805. The van der Waals surface area contributed by atoms with Gasteiger partial charge in [0, 0.05) is 24.9 Å². The van der Waals surface area contributed by atoms with Gasteiger partial charge in [-0.2, -0.15) is 0 Å². The lowest BCUT2D eigenvalue weighted by Gasteiger charge is -2.42. The highest BCUT2D eigenvalue weighted by Gasteiger charge is 2.58. The van der Waals surface area contributed by atoms with Crippen LogP contribution in [0.1, 0.15) is 37.7 Å². The molecule has 146 valence electrons. The molecule has 6 nitrogen and oxygen atoms in total. The van der Waals surface area contributed by atoms with Gasteiger partial charge in [-0.3, -0.25) is 4.79 Å². The molecule has 2 saturated heterocycles. The van der Waals surface area contributed by atoms with E-state index in [4.69, 9.17) is 9.84 Å². The molecule has 3 unspecified atom stereocenters. The molecule has 3 aliphatic rings. The van der Waals surface area contributed by atoms with Crippen molar-refractivity contribution in [2.24, 2.45) is 11.3 Å². The fourth-order valence-corrected chi connectivity index (χ4v) is 5.07. The van der Waals surface area contributed by atoms with E-state index in [0.29, 0.717) is 25.4 Å². The standard InChI is InChI=1S/C21H28N2O4/c24-19(25)8-7-16(11-15-5-2-1-3-6-15)22-20(26)23-14-21(9-4-10-21)17-12-27-13-18(17)23/h1-3,5-6,16-18H,4,7-14H2,(H,22,26)(H,24,25). The molecule has 2 amide bonds. The van der Waals surface area contributed by atoms with Gasteiger partial charge >= 0.3 is 12.0 Å². The molecule has 3 atom stereocenters. The van der Waals surface area contributed by atoms with E-state index in [1.165, 1.54) is 19.3 Å². The number of aliphatic carboxylic acids is 1. The lowest BCUT2D eigenvalue weighted by Crippen LogP contribution is -2.49. The van der Waals surface area contributed by atoms with Crippen LogP contribution in [-0.4, -0.2) is 53.8 Å². The van der Waals surface area contributed by atoms with E-state index in [0.717, 1.165) is 18.7 Å². The fraction of sp³-hybridized carbons (Fsp3) is 0.619. The molecule has 1 saturated carbocycles. The molecular weight excluding hydrogens is 344 g/mol. The highest BCUT2D eigenvalue weighted by atomic mass is 16.5. The number of carbonyl (C=O) groups excluding carboxylic acids is 1. The average Bonchev–Trinajstić information content (AvgIpc) is 3.20. The van der Waals surface area contributed by atoms with Gasteiger partial charge in [0.15, 0.2) is 0 Å². The Labute approximate surface area is 159 Å². The second-order valence-corrected chi connectivity index (χ2v) is 8.32. The Kier molecular flexibility index (Phi) is 5.08. The Bertz CT molecular complexity index is 689. The van der Waals surface area contributed by atoms with Crippen LogP contribution >= 0.6 is 0 Å². The third-order valence-electron chi connectivity index (χ3n) is 6.69. The van der Waals surface area contributed by atoms with Crippen LogP contribution in [0.5, 0.6) is 0 Å². The van der Waals surface area contributed by atoms with Crippen LogP contribution in [0, 0.1) is 11.3 Å². The van der Waals surface area contributed by atoms with Crippen molar-refractivity contribution in [3.05, 3.63) is 35.9 Å². The monoisotopic (exact) mass is 372 g/mol. The lowest BCUT2D eigenvalue weighted by molar-refractivity contribution is -0.137. The average molecular weight is 372 g/mol. The molecule has 2 aliphatic heterocycles. The number of likely N-dealkylation sites (tertiary alicyclic amines) is 1. The summed E-state index contributed by atoms with van der Waals surface area (Å²) in [5.41, 5.74) is 1.36. The third kappa shape index (κ3) is 3.68. The number of rotatable bonds is 6. The first-order valence-electron chi connectivity index (χ1n) is 9.98. The molecule has 1 aromatic rings. The van der Waals surface area contributed by atoms with Gasteiger partial charge in [0.1, 0.15) is 0 Å². The zero-order valence-corrected chi connectivity index (χ0v) is 15.6. The number of amides is 2. The van der Waals surface area contributed by atoms with Gasteiger partial charge in [0.05, 0.1) is 19.3 Å². The molecule has 1 aliphatic carbocycles. The first kappa shape index (κ1) is 18.3. The topological polar surface area (TPSA) is 78.9 Å². The third-order valence-corrected chi connectivity index (χ3v) is 6.69. The van der Waals surface area contributed by atoms with E-state index in [1.807, 2.05) is 35.2 Å². The maximum absolute atomic E-state index is 13.1. The van der Waals surface area contributed by atoms with Crippen molar-refractivity contribution in [1.29, 1.82) is 0 Å². The molecular formula is C21H28N2O4. The van der Waals surface area contributed by atoms with E-state index in [-0.39, 0.29) is 30.0 Å². The first-order valence-corrected chi connectivity index (χ1v) is 9.98. The van der Waals surface area contributed by atoms with E-state index < -0.39 is 5.97 Å². The molecule has 1 aromatic carbocycles. The number of carboxylic acids is 1. The maximum Gasteiger partial charge on any atom is 0.317 e. The number of hydrogen-bond donors (Lipinski definition) is 2. The number of carbonyl (C=O) groups is 2. The highest BCUT2D eigenvalue weighted by molar-refractivity contribution is 5.76. The Hall–Kier alpha value is -2.08. The zero-order chi connectivity index (χ0) is 18.9. The molecule has 4 rings (SSSR count). The summed E-state index contributed by atoms with van der Waals surface area (Å²) in [6.45, 7) is 2.20. The molecule has 0 aromatic heterocycles. The van der Waals surface area contributed by atoms with Crippen LogP contribution in [-0.2, 0) is 16.0 Å². The molecule has 0 radical (unpaired) electrons. The van der Waals surface area contributed by atoms with Gasteiger partial charge in [0.2, 0.25) is 0 Å². The Balaban J connectivity index is 1.43. The summed E-state index contributed by atoms with van der Waals surface area (Å²) < 4.78 is 5.70. The Morgan fingerprint density at radius 3 is 2.70 bits per heavy atom. The van der Waals surface area contributed by atoms with Gasteiger partial charge in [-0.05, 0) is 36.7 Å². The number of ether oxygens (including phenoxy) is 1. The van der Waals surface area contributed by atoms with Gasteiger partial charge in [-0.1, -0.05) is 36.8 Å². The highest BCUT2D eigenvalue weighted by Crippen LogP contribution is 2.55. The van der Waals surface area contributed by atoms with Crippen molar-refractivity contribution in [3.63, 3.8) is 0 Å². The number of carboxylic acid groups (broad SMARTS) is 1. The van der Waals surface area contributed by atoms with Crippen LogP contribution in [0.15, 0.2) is 30.3 Å². The summed E-state index contributed by atoms with van der Waals surface area (Å²) >= 11 is 0. The minimum absolute atomic E-state index is 0.0525. The van der Waals surface area contributed by atoms with Crippen LogP contribution in [0.4, 0.5) is 4.79 Å². The van der Waals surface area contributed by atoms with Gasteiger partial charge < -0.3 is 20.1 Å². The lowest BCUT2D eigenvalue weighted by atomic mass is 9.62. The van der Waals surface area contributed by atoms with Crippen LogP contribution in [0.2, 0.25) is 0 Å². The summed E-state index contributed by atoms with van der Waals surface area (Å²) in [5.74, 6) is -0.371. The first-order chi connectivity index (χ1) is 13.1. The smallest absolute Gasteiger partial charge is 0.317 e. The normalized spacial score (nSPS) is 26.4. The molecule has 6 heteroatoms. The largest absolute Gasteiger partial charge is 0.481 e. The molecule has 2 heterocycles. The summed E-state index contributed by atoms with van der Waals surface area (Å²) in [5, 5.41) is 12.2. The minimum atomic E-state index is -0.832. The Morgan fingerprint density at radius 1 is 1.26 bits per heavy atom.